The van der Waals surface area contributed by atoms with E-state index in [1.165, 1.54) is 0 Å². The van der Waals surface area contributed by atoms with Crippen LogP contribution >= 0.6 is 0 Å². The first-order chi connectivity index (χ1) is 17.3. The van der Waals surface area contributed by atoms with Gasteiger partial charge in [0, 0.05) is 17.9 Å². The van der Waals surface area contributed by atoms with Gasteiger partial charge >= 0.3 is 0 Å². The second-order valence-electron chi connectivity index (χ2n) is 9.40. The summed E-state index contributed by atoms with van der Waals surface area (Å²) in [6.07, 6.45) is -0.317. The number of aryl methyl sites for hydroxylation is 4. The number of nitrogens with one attached hydrogen (secondary N) is 2. The number of para-hydroxylation sites is 2. The maximum atomic E-state index is 13.0. The number of carbonyl (C=O) groups excluding carboxylic acids is 2. The molecule has 1 heterocycles. The summed E-state index contributed by atoms with van der Waals surface area (Å²) in [6.45, 7) is 8.72. The topological polar surface area (TPSA) is 79.9 Å². The number of rotatable bonds is 8. The molecule has 3 aromatic carbocycles. The lowest BCUT2D eigenvalue weighted by molar-refractivity contribution is -0.120. The van der Waals surface area contributed by atoms with Crippen LogP contribution in [0.25, 0.3) is 0 Å². The summed E-state index contributed by atoms with van der Waals surface area (Å²) in [5.41, 5.74) is 5.76. The van der Waals surface area contributed by atoms with Gasteiger partial charge in [-0.1, -0.05) is 47.5 Å². The highest BCUT2D eigenvalue weighted by molar-refractivity contribution is 5.95. The summed E-state index contributed by atoms with van der Waals surface area (Å²) in [5.74, 6) is 0.963. The molecule has 1 aliphatic rings. The average Bonchev–Trinajstić information content (AvgIpc) is 2.82. The van der Waals surface area contributed by atoms with Crippen molar-refractivity contribution in [3.8, 4) is 11.5 Å². The van der Waals surface area contributed by atoms with E-state index in [1.807, 2.05) is 88.4 Å². The summed E-state index contributed by atoms with van der Waals surface area (Å²) in [7, 11) is 0. The monoisotopic (exact) mass is 487 g/mol. The largest absolute Gasteiger partial charge is 0.486 e. The van der Waals surface area contributed by atoms with Gasteiger partial charge < -0.3 is 20.1 Å². The number of fused-ring (bicyclic) bond motifs is 1. The molecule has 1 atom stereocenters. The van der Waals surface area contributed by atoms with Gasteiger partial charge in [0.05, 0.1) is 13.1 Å². The molecule has 0 spiro atoms. The Kier molecular flexibility index (Phi) is 7.90. The predicted octanol–water partition coefficient (Wildman–Crippen LogP) is 4.64. The quantitative estimate of drug-likeness (QED) is 0.484. The normalized spacial score (nSPS) is 14.4. The first-order valence-corrected chi connectivity index (χ1v) is 12.1. The van der Waals surface area contributed by atoms with Crippen LogP contribution in [0.5, 0.6) is 11.5 Å². The van der Waals surface area contributed by atoms with Gasteiger partial charge in [-0.3, -0.25) is 14.5 Å². The number of amides is 2. The van der Waals surface area contributed by atoms with E-state index in [-0.39, 0.29) is 31.0 Å². The number of hydrogen-bond acceptors (Lipinski definition) is 5. The lowest BCUT2D eigenvalue weighted by atomic mass is 10.1. The summed E-state index contributed by atoms with van der Waals surface area (Å²) in [6, 6.07) is 19.3. The predicted molar refractivity (Wildman–Crippen MR) is 142 cm³/mol. The molecule has 7 heteroatoms. The molecular weight excluding hydrogens is 454 g/mol. The molecule has 1 aliphatic heterocycles. The summed E-state index contributed by atoms with van der Waals surface area (Å²) in [5, 5.41) is 5.95. The van der Waals surface area contributed by atoms with Gasteiger partial charge in [0.25, 0.3) is 0 Å². The molecule has 0 aromatic heterocycles. The minimum absolute atomic E-state index is 0.0368. The van der Waals surface area contributed by atoms with Crippen LogP contribution in [0.1, 0.15) is 22.3 Å². The van der Waals surface area contributed by atoms with Crippen molar-refractivity contribution in [1.82, 2.24) is 4.90 Å². The van der Waals surface area contributed by atoms with E-state index < -0.39 is 0 Å². The van der Waals surface area contributed by atoms with E-state index in [0.29, 0.717) is 24.7 Å². The Morgan fingerprint density at radius 3 is 1.86 bits per heavy atom. The van der Waals surface area contributed by atoms with Gasteiger partial charge in [0.2, 0.25) is 11.8 Å². The second kappa shape index (κ2) is 11.3. The lowest BCUT2D eigenvalue weighted by Gasteiger charge is -2.31. The van der Waals surface area contributed by atoms with Crippen molar-refractivity contribution in [1.29, 1.82) is 0 Å². The van der Waals surface area contributed by atoms with Crippen molar-refractivity contribution in [3.05, 3.63) is 82.9 Å². The summed E-state index contributed by atoms with van der Waals surface area (Å²) >= 11 is 0. The first-order valence-electron chi connectivity index (χ1n) is 12.1. The van der Waals surface area contributed by atoms with Gasteiger partial charge in [0.1, 0.15) is 12.7 Å². The van der Waals surface area contributed by atoms with Crippen LogP contribution in [0.2, 0.25) is 0 Å². The third kappa shape index (κ3) is 6.64. The van der Waals surface area contributed by atoms with Crippen molar-refractivity contribution >= 4 is 23.2 Å². The molecule has 2 amide bonds. The van der Waals surface area contributed by atoms with E-state index in [9.17, 15) is 9.59 Å². The van der Waals surface area contributed by atoms with Crippen molar-refractivity contribution in [2.75, 3.05) is 36.9 Å². The fraction of sp³-hybridized carbons (Fsp3) is 0.310. The fourth-order valence-corrected chi connectivity index (χ4v) is 4.32. The second-order valence-corrected chi connectivity index (χ2v) is 9.40. The summed E-state index contributed by atoms with van der Waals surface area (Å²) in [4.78, 5) is 27.7. The first kappa shape index (κ1) is 25.3. The molecule has 0 radical (unpaired) electrons. The number of nitrogens with zero attached hydrogens (tertiary/aromatic N) is 1. The van der Waals surface area contributed by atoms with Crippen LogP contribution in [0.3, 0.4) is 0 Å². The van der Waals surface area contributed by atoms with Gasteiger partial charge in [-0.05, 0) is 63.1 Å². The number of benzene rings is 3. The van der Waals surface area contributed by atoms with Crippen LogP contribution in [0.15, 0.2) is 60.7 Å². The Labute approximate surface area is 212 Å². The zero-order valence-corrected chi connectivity index (χ0v) is 21.3. The maximum Gasteiger partial charge on any atom is 0.238 e. The lowest BCUT2D eigenvalue weighted by Crippen LogP contribution is -2.46. The van der Waals surface area contributed by atoms with Gasteiger partial charge in [0.15, 0.2) is 11.5 Å². The maximum absolute atomic E-state index is 13.0. The molecule has 3 aromatic rings. The Morgan fingerprint density at radius 1 is 0.806 bits per heavy atom. The molecule has 36 heavy (non-hydrogen) atoms. The number of anilines is 2. The number of hydrogen-bond donors (Lipinski definition) is 2. The van der Waals surface area contributed by atoms with Crippen molar-refractivity contribution in [2.45, 2.75) is 33.8 Å². The van der Waals surface area contributed by atoms with Gasteiger partial charge in [-0.25, -0.2) is 0 Å². The molecule has 7 nitrogen and oxygen atoms in total. The summed E-state index contributed by atoms with van der Waals surface area (Å²) < 4.78 is 11.9. The molecule has 0 saturated carbocycles. The highest BCUT2D eigenvalue weighted by Crippen LogP contribution is 2.31. The molecule has 0 fully saturated rings. The molecular formula is C29H33N3O4. The molecule has 0 saturated heterocycles. The van der Waals surface area contributed by atoms with Crippen LogP contribution in [-0.2, 0) is 9.59 Å². The van der Waals surface area contributed by atoms with Crippen molar-refractivity contribution in [2.24, 2.45) is 0 Å². The van der Waals surface area contributed by atoms with E-state index >= 15 is 0 Å². The van der Waals surface area contributed by atoms with Crippen LogP contribution in [0, 0.1) is 27.7 Å². The third-order valence-corrected chi connectivity index (χ3v) is 6.08. The third-order valence-electron chi connectivity index (χ3n) is 6.08. The minimum Gasteiger partial charge on any atom is -0.486 e. The Morgan fingerprint density at radius 2 is 1.33 bits per heavy atom. The standard InChI is InChI=1S/C29H33N3O4/c1-19-9-11-24(21(3)13-19)30-28(33)16-32(15-23-18-35-26-7-5-6-8-27(26)36-23)17-29(34)31-25-12-10-20(2)14-22(25)4/h5-14,23H,15-18H2,1-4H3,(H,30,33)(H,31,34)/t23-/m0/s1. The van der Waals surface area contributed by atoms with Gasteiger partial charge in [-0.15, -0.1) is 0 Å². The molecule has 0 aliphatic carbocycles. The zero-order valence-electron chi connectivity index (χ0n) is 21.3. The fourth-order valence-electron chi connectivity index (χ4n) is 4.32. The average molecular weight is 488 g/mol. The van der Waals surface area contributed by atoms with Crippen molar-refractivity contribution < 1.29 is 19.1 Å². The molecule has 0 unspecified atom stereocenters. The Balaban J connectivity index is 1.45. The molecule has 2 N–H and O–H groups in total. The van der Waals surface area contributed by atoms with Crippen LogP contribution in [0.4, 0.5) is 11.4 Å². The number of ether oxygens (including phenoxy) is 2. The SMILES string of the molecule is Cc1ccc(NC(=O)CN(CC(=O)Nc2ccc(C)cc2C)C[C@H]2COc3ccccc3O2)c(C)c1. The van der Waals surface area contributed by atoms with E-state index in [0.717, 1.165) is 33.6 Å². The molecule has 188 valence electrons. The Hall–Kier alpha value is -3.84. The van der Waals surface area contributed by atoms with Crippen molar-refractivity contribution in [3.63, 3.8) is 0 Å². The highest BCUT2D eigenvalue weighted by Gasteiger charge is 2.25. The zero-order chi connectivity index (χ0) is 25.7. The number of carbonyl (C=O) groups is 2. The highest BCUT2D eigenvalue weighted by atomic mass is 16.6. The van der Waals surface area contributed by atoms with E-state index in [4.69, 9.17) is 9.47 Å². The van der Waals surface area contributed by atoms with Gasteiger partial charge in [-0.2, -0.15) is 0 Å². The Bertz CT molecular complexity index is 1190. The molecule has 0 bridgehead atoms. The van der Waals surface area contributed by atoms with Crippen LogP contribution in [-0.4, -0.2) is 49.1 Å². The van der Waals surface area contributed by atoms with E-state index in [2.05, 4.69) is 10.6 Å². The van der Waals surface area contributed by atoms with Crippen LogP contribution < -0.4 is 20.1 Å². The van der Waals surface area contributed by atoms with E-state index in [1.54, 1.807) is 4.90 Å². The smallest absolute Gasteiger partial charge is 0.238 e. The minimum atomic E-state index is -0.317. The molecule has 4 rings (SSSR count).